The Hall–Kier alpha value is -1.90. The van der Waals surface area contributed by atoms with Crippen molar-refractivity contribution in [3.05, 3.63) is 47.5 Å². The van der Waals surface area contributed by atoms with Gasteiger partial charge in [0.05, 0.1) is 11.8 Å². The van der Waals surface area contributed by atoms with Gasteiger partial charge >= 0.3 is 0 Å². The summed E-state index contributed by atoms with van der Waals surface area (Å²) in [7, 11) is 0. The topological polar surface area (TPSA) is 46.2 Å². The molecule has 0 unspecified atom stereocenters. The number of rotatable bonds is 1. The Bertz CT molecular complexity index is 530. The van der Waals surface area contributed by atoms with Crippen LogP contribution >= 0.6 is 0 Å². The molecule has 0 bridgehead atoms. The van der Waals surface area contributed by atoms with E-state index in [4.69, 9.17) is 0 Å². The van der Waals surface area contributed by atoms with Gasteiger partial charge in [-0.05, 0) is 18.9 Å². The van der Waals surface area contributed by atoms with Crippen molar-refractivity contribution in [3.63, 3.8) is 0 Å². The van der Waals surface area contributed by atoms with Crippen molar-refractivity contribution in [3.8, 4) is 0 Å². The largest absolute Gasteiger partial charge is 0.296 e. The molecule has 1 aromatic rings. The zero-order valence-corrected chi connectivity index (χ0v) is 10.2. The molecule has 3 rings (SSSR count). The fraction of sp³-hybridized carbons (Fsp3) is 0.333. The predicted octanol–water partition coefficient (Wildman–Crippen LogP) is 1.93. The SMILES string of the molecule is Cc1ccc([C@H]2C=CC[C@H]3C(=O)NC(=O)[C@@H]23)cc1. The van der Waals surface area contributed by atoms with Crippen LogP contribution in [0.4, 0.5) is 0 Å². The van der Waals surface area contributed by atoms with E-state index in [0.29, 0.717) is 6.42 Å². The summed E-state index contributed by atoms with van der Waals surface area (Å²) in [5.41, 5.74) is 2.30. The predicted molar refractivity (Wildman–Crippen MR) is 67.8 cm³/mol. The summed E-state index contributed by atoms with van der Waals surface area (Å²) in [6.45, 7) is 2.04. The van der Waals surface area contributed by atoms with Crippen molar-refractivity contribution >= 4 is 11.8 Å². The minimum Gasteiger partial charge on any atom is -0.296 e. The number of benzene rings is 1. The Morgan fingerprint density at radius 3 is 2.56 bits per heavy atom. The number of hydrogen-bond acceptors (Lipinski definition) is 2. The number of amides is 2. The van der Waals surface area contributed by atoms with E-state index in [1.54, 1.807) is 0 Å². The van der Waals surface area contributed by atoms with Gasteiger partial charge in [-0.25, -0.2) is 0 Å². The molecule has 3 heteroatoms. The molecule has 3 nitrogen and oxygen atoms in total. The molecule has 3 atom stereocenters. The van der Waals surface area contributed by atoms with Gasteiger partial charge < -0.3 is 0 Å². The summed E-state index contributed by atoms with van der Waals surface area (Å²) in [5.74, 6) is -0.638. The molecule has 18 heavy (non-hydrogen) atoms. The smallest absolute Gasteiger partial charge is 0.231 e. The lowest BCUT2D eigenvalue weighted by Crippen LogP contribution is -2.27. The molecule has 92 valence electrons. The third-order valence-corrected chi connectivity index (χ3v) is 3.90. The molecule has 2 amide bonds. The van der Waals surface area contributed by atoms with Crippen LogP contribution in [-0.2, 0) is 9.59 Å². The van der Waals surface area contributed by atoms with Crippen LogP contribution < -0.4 is 5.32 Å². The van der Waals surface area contributed by atoms with Gasteiger partial charge in [0.1, 0.15) is 0 Å². The molecule has 1 aliphatic heterocycles. The quantitative estimate of drug-likeness (QED) is 0.603. The maximum absolute atomic E-state index is 11.9. The van der Waals surface area contributed by atoms with Crippen LogP contribution in [0.2, 0.25) is 0 Å². The molecular formula is C15H15NO2. The molecule has 0 radical (unpaired) electrons. The van der Waals surface area contributed by atoms with Crippen LogP contribution in [0, 0.1) is 18.8 Å². The van der Waals surface area contributed by atoms with Crippen molar-refractivity contribution < 1.29 is 9.59 Å². The van der Waals surface area contributed by atoms with Crippen molar-refractivity contribution in [2.75, 3.05) is 0 Å². The first-order chi connectivity index (χ1) is 8.66. The summed E-state index contributed by atoms with van der Waals surface area (Å²) in [6, 6.07) is 8.18. The third-order valence-electron chi connectivity index (χ3n) is 3.90. The van der Waals surface area contributed by atoms with E-state index < -0.39 is 0 Å². The second-order valence-electron chi connectivity index (χ2n) is 5.09. The molecule has 2 aliphatic rings. The lowest BCUT2D eigenvalue weighted by Gasteiger charge is -2.26. The fourth-order valence-electron chi connectivity index (χ4n) is 2.91. The Morgan fingerprint density at radius 1 is 1.11 bits per heavy atom. The van der Waals surface area contributed by atoms with E-state index >= 15 is 0 Å². The zero-order chi connectivity index (χ0) is 12.7. The summed E-state index contributed by atoms with van der Waals surface area (Å²) in [5, 5.41) is 2.45. The molecule has 0 aromatic heterocycles. The van der Waals surface area contributed by atoms with Gasteiger partial charge in [0, 0.05) is 5.92 Å². The maximum atomic E-state index is 11.9. The Balaban J connectivity index is 1.99. The van der Waals surface area contributed by atoms with Crippen LogP contribution in [0.25, 0.3) is 0 Å². The monoisotopic (exact) mass is 241 g/mol. The number of carbonyl (C=O) groups is 2. The second kappa shape index (κ2) is 4.09. The molecule has 0 saturated carbocycles. The van der Waals surface area contributed by atoms with Crippen molar-refractivity contribution in [2.45, 2.75) is 19.3 Å². The fourth-order valence-corrected chi connectivity index (χ4v) is 2.91. The molecule has 0 spiro atoms. The van der Waals surface area contributed by atoms with E-state index in [1.807, 2.05) is 37.3 Å². The van der Waals surface area contributed by atoms with Gasteiger partial charge in [0.15, 0.2) is 0 Å². The lowest BCUT2D eigenvalue weighted by atomic mass is 9.74. The summed E-state index contributed by atoms with van der Waals surface area (Å²) in [6.07, 6.45) is 4.75. The van der Waals surface area contributed by atoms with Gasteiger partial charge in [-0.3, -0.25) is 14.9 Å². The van der Waals surface area contributed by atoms with Crippen LogP contribution in [0.15, 0.2) is 36.4 Å². The Kier molecular flexibility index (Phi) is 2.54. The number of allylic oxidation sites excluding steroid dienone is 2. The molecule has 1 aliphatic carbocycles. The van der Waals surface area contributed by atoms with Gasteiger partial charge in [-0.2, -0.15) is 0 Å². The average Bonchev–Trinajstić information content (AvgIpc) is 2.66. The number of aryl methyl sites for hydroxylation is 1. The van der Waals surface area contributed by atoms with Crippen molar-refractivity contribution in [1.29, 1.82) is 0 Å². The first-order valence-electron chi connectivity index (χ1n) is 6.25. The molecule has 1 heterocycles. The minimum atomic E-state index is -0.231. The van der Waals surface area contributed by atoms with E-state index in [9.17, 15) is 9.59 Å². The molecule has 1 aromatic carbocycles. The number of carbonyl (C=O) groups excluding carboxylic acids is 2. The summed E-state index contributed by atoms with van der Waals surface area (Å²) >= 11 is 0. The maximum Gasteiger partial charge on any atom is 0.231 e. The number of imide groups is 1. The van der Waals surface area contributed by atoms with Gasteiger partial charge in [-0.15, -0.1) is 0 Å². The summed E-state index contributed by atoms with van der Waals surface area (Å²) in [4.78, 5) is 23.6. The Morgan fingerprint density at radius 2 is 1.83 bits per heavy atom. The van der Waals surface area contributed by atoms with Crippen molar-refractivity contribution in [1.82, 2.24) is 5.32 Å². The zero-order valence-electron chi connectivity index (χ0n) is 10.2. The standard InChI is InChI=1S/C15H15NO2/c1-9-5-7-10(8-6-9)11-3-2-4-12-13(11)15(18)16-14(12)17/h2-3,5-8,11-13H,4H2,1H3,(H,16,17,18)/t11-,12-,13+/m1/s1. The molecule has 1 N–H and O–H groups in total. The highest BCUT2D eigenvalue weighted by molar-refractivity contribution is 6.05. The highest BCUT2D eigenvalue weighted by Crippen LogP contribution is 2.40. The number of hydrogen-bond donors (Lipinski definition) is 1. The first-order valence-corrected chi connectivity index (χ1v) is 6.25. The van der Waals surface area contributed by atoms with Gasteiger partial charge in [-0.1, -0.05) is 42.0 Å². The van der Waals surface area contributed by atoms with Gasteiger partial charge in [0.25, 0.3) is 0 Å². The van der Waals surface area contributed by atoms with E-state index in [-0.39, 0.29) is 29.6 Å². The highest BCUT2D eigenvalue weighted by atomic mass is 16.2. The van der Waals surface area contributed by atoms with E-state index in [1.165, 1.54) is 5.56 Å². The van der Waals surface area contributed by atoms with Crippen LogP contribution in [0.5, 0.6) is 0 Å². The number of nitrogens with one attached hydrogen (secondary N) is 1. The lowest BCUT2D eigenvalue weighted by molar-refractivity contribution is -0.126. The molecule has 1 fully saturated rings. The van der Waals surface area contributed by atoms with E-state index in [2.05, 4.69) is 11.4 Å². The van der Waals surface area contributed by atoms with Crippen LogP contribution in [0.1, 0.15) is 23.5 Å². The summed E-state index contributed by atoms with van der Waals surface area (Å²) < 4.78 is 0. The second-order valence-corrected chi connectivity index (χ2v) is 5.09. The number of fused-ring (bicyclic) bond motifs is 1. The molecule has 1 saturated heterocycles. The highest BCUT2D eigenvalue weighted by Gasteiger charge is 2.46. The molecular weight excluding hydrogens is 226 g/mol. The van der Waals surface area contributed by atoms with Crippen LogP contribution in [-0.4, -0.2) is 11.8 Å². The van der Waals surface area contributed by atoms with Crippen LogP contribution in [0.3, 0.4) is 0 Å². The Labute approximate surface area is 106 Å². The normalized spacial score (nSPS) is 30.2. The minimum absolute atomic E-state index is 0.0239. The third kappa shape index (κ3) is 1.67. The average molecular weight is 241 g/mol. The first kappa shape index (κ1) is 11.2. The van der Waals surface area contributed by atoms with Crippen molar-refractivity contribution in [2.24, 2.45) is 11.8 Å². The van der Waals surface area contributed by atoms with Gasteiger partial charge in [0.2, 0.25) is 11.8 Å². The van der Waals surface area contributed by atoms with E-state index in [0.717, 1.165) is 5.56 Å².